The minimum absolute atomic E-state index is 0.323. The van der Waals surface area contributed by atoms with E-state index in [-0.39, 0.29) is 0 Å². The van der Waals surface area contributed by atoms with E-state index in [1.54, 1.807) is 6.92 Å². The lowest BCUT2D eigenvalue weighted by Crippen LogP contribution is -2.22. The van der Waals surface area contributed by atoms with Crippen LogP contribution in [0.25, 0.3) is 0 Å². The van der Waals surface area contributed by atoms with E-state index >= 15 is 0 Å². The van der Waals surface area contributed by atoms with E-state index in [2.05, 4.69) is 31.2 Å². The van der Waals surface area contributed by atoms with Crippen LogP contribution in [0.1, 0.15) is 51.0 Å². The van der Waals surface area contributed by atoms with Crippen LogP contribution in [0.3, 0.4) is 0 Å². The summed E-state index contributed by atoms with van der Waals surface area (Å²) in [5.41, 5.74) is 1.37. The van der Waals surface area contributed by atoms with Gasteiger partial charge in [-0.25, -0.2) is 4.79 Å². The molecule has 0 radical (unpaired) electrons. The van der Waals surface area contributed by atoms with Crippen LogP contribution >= 0.6 is 0 Å². The lowest BCUT2D eigenvalue weighted by Gasteiger charge is -2.14. The quantitative estimate of drug-likeness (QED) is 0.408. The van der Waals surface area contributed by atoms with Crippen LogP contribution in [0.15, 0.2) is 30.3 Å². The summed E-state index contributed by atoms with van der Waals surface area (Å²) in [6.07, 6.45) is 3.31. The van der Waals surface area contributed by atoms with Gasteiger partial charge in [0.2, 0.25) is 5.79 Å². The molecule has 0 amide bonds. The molecular weight excluding hydrogens is 268 g/mol. The van der Waals surface area contributed by atoms with Gasteiger partial charge < -0.3 is 14.2 Å². The summed E-state index contributed by atoms with van der Waals surface area (Å²) in [7, 11) is 0. The molecule has 0 bridgehead atoms. The third kappa shape index (κ3) is 5.05. The van der Waals surface area contributed by atoms with Gasteiger partial charge in [0, 0.05) is 6.42 Å². The highest BCUT2D eigenvalue weighted by molar-refractivity contribution is 5.60. The zero-order valence-corrected chi connectivity index (χ0v) is 12.8. The van der Waals surface area contributed by atoms with Crippen LogP contribution in [0, 0.1) is 0 Å². The van der Waals surface area contributed by atoms with Crippen LogP contribution in [0.2, 0.25) is 0 Å². The van der Waals surface area contributed by atoms with Crippen LogP contribution in [-0.4, -0.2) is 25.2 Å². The van der Waals surface area contributed by atoms with Crippen molar-refractivity contribution in [3.8, 4) is 0 Å². The molecule has 1 aromatic rings. The molecule has 4 nitrogen and oxygen atoms in total. The van der Waals surface area contributed by atoms with Gasteiger partial charge in [0.05, 0.1) is 6.61 Å². The molecule has 1 saturated heterocycles. The molecule has 0 N–H and O–H groups in total. The molecule has 4 heteroatoms. The molecule has 21 heavy (non-hydrogen) atoms. The van der Waals surface area contributed by atoms with Gasteiger partial charge in [-0.15, -0.1) is 0 Å². The maximum atomic E-state index is 11.3. The van der Waals surface area contributed by atoms with Crippen molar-refractivity contribution >= 4 is 6.16 Å². The summed E-state index contributed by atoms with van der Waals surface area (Å²) in [5.74, 6) is -0.157. The minimum atomic E-state index is -0.706. The van der Waals surface area contributed by atoms with Gasteiger partial charge in [-0.3, -0.25) is 0 Å². The van der Waals surface area contributed by atoms with Crippen LogP contribution < -0.4 is 0 Å². The van der Waals surface area contributed by atoms with Crippen molar-refractivity contribution in [2.75, 3.05) is 13.2 Å². The van der Waals surface area contributed by atoms with Crippen molar-refractivity contribution in [3.05, 3.63) is 35.9 Å². The molecule has 1 aliphatic rings. The summed E-state index contributed by atoms with van der Waals surface area (Å²) in [4.78, 5) is 11.3. The average Bonchev–Trinajstić information content (AvgIpc) is 3.24. The van der Waals surface area contributed by atoms with E-state index in [1.165, 1.54) is 5.56 Å². The van der Waals surface area contributed by atoms with E-state index in [1.807, 2.05) is 6.07 Å². The molecule has 2 rings (SSSR count). The Kier molecular flexibility index (Phi) is 5.62. The summed E-state index contributed by atoms with van der Waals surface area (Å²) in [6.45, 7) is 4.81. The predicted octanol–water partition coefficient (Wildman–Crippen LogP) is 4.25. The number of carbonyl (C=O) groups excluding carboxylic acids is 1. The largest absolute Gasteiger partial charge is 0.510 e. The predicted molar refractivity (Wildman–Crippen MR) is 80.1 cm³/mol. The fraction of sp³-hybridized carbons (Fsp3) is 0.588. The van der Waals surface area contributed by atoms with E-state index < -0.39 is 11.9 Å². The molecule has 1 aliphatic heterocycles. The molecule has 116 valence electrons. The molecular formula is C17H24O4. The average molecular weight is 292 g/mol. The molecule has 0 spiro atoms. The molecule has 2 unspecified atom stereocenters. The Hall–Kier alpha value is -1.55. The molecule has 1 fully saturated rings. The van der Waals surface area contributed by atoms with Gasteiger partial charge in [-0.1, -0.05) is 43.7 Å². The SMILES string of the molecule is CCOC(=O)OC1(CCCCC(C)c2ccccc2)CO1. The maximum absolute atomic E-state index is 11.3. The van der Waals surface area contributed by atoms with Crippen LogP contribution in [0.4, 0.5) is 4.79 Å². The highest BCUT2D eigenvalue weighted by Gasteiger charge is 2.49. The van der Waals surface area contributed by atoms with Gasteiger partial charge in [0.25, 0.3) is 0 Å². The fourth-order valence-electron chi connectivity index (χ4n) is 2.43. The Balaban J connectivity index is 1.64. The highest BCUT2D eigenvalue weighted by Crippen LogP contribution is 2.35. The van der Waals surface area contributed by atoms with Crippen LogP contribution in [0.5, 0.6) is 0 Å². The first kappa shape index (κ1) is 15.8. The number of rotatable bonds is 8. The summed E-state index contributed by atoms with van der Waals surface area (Å²) in [5, 5.41) is 0. The standard InChI is InChI=1S/C17H24O4/c1-3-19-16(18)21-17(13-20-17)12-8-7-9-14(2)15-10-5-4-6-11-15/h4-6,10-11,14H,3,7-9,12-13H2,1-2H3. The second-order valence-electron chi connectivity index (χ2n) is 5.54. The summed E-state index contributed by atoms with van der Waals surface area (Å²) >= 11 is 0. The monoisotopic (exact) mass is 292 g/mol. The van der Waals surface area contributed by atoms with E-state index in [0.29, 0.717) is 19.1 Å². The number of ether oxygens (including phenoxy) is 3. The van der Waals surface area contributed by atoms with Crippen molar-refractivity contribution in [1.29, 1.82) is 0 Å². The third-order valence-corrected chi connectivity index (χ3v) is 3.81. The topological polar surface area (TPSA) is 48.1 Å². The zero-order chi connectivity index (χ0) is 15.1. The third-order valence-electron chi connectivity index (χ3n) is 3.81. The Labute approximate surface area is 126 Å². The van der Waals surface area contributed by atoms with E-state index in [0.717, 1.165) is 25.7 Å². The van der Waals surface area contributed by atoms with E-state index in [9.17, 15) is 4.79 Å². The number of hydrogen-bond acceptors (Lipinski definition) is 4. The van der Waals surface area contributed by atoms with Crippen molar-refractivity contribution in [2.45, 2.75) is 51.2 Å². The molecule has 1 heterocycles. The van der Waals surface area contributed by atoms with Crippen molar-refractivity contribution in [3.63, 3.8) is 0 Å². The Bertz CT molecular complexity index is 439. The summed E-state index contributed by atoms with van der Waals surface area (Å²) < 4.78 is 15.3. The van der Waals surface area contributed by atoms with Gasteiger partial charge in [-0.05, 0) is 31.2 Å². The normalized spacial score (nSPS) is 21.6. The molecule has 2 atom stereocenters. The van der Waals surface area contributed by atoms with Crippen LogP contribution in [-0.2, 0) is 14.2 Å². The molecule has 0 aromatic heterocycles. The second kappa shape index (κ2) is 7.46. The highest BCUT2D eigenvalue weighted by atomic mass is 16.8. The number of unbranched alkanes of at least 4 members (excludes halogenated alkanes) is 1. The lowest BCUT2D eigenvalue weighted by molar-refractivity contribution is -0.0381. The Morgan fingerprint density at radius 2 is 2.05 bits per heavy atom. The van der Waals surface area contributed by atoms with Crippen molar-refractivity contribution in [2.24, 2.45) is 0 Å². The molecule has 0 saturated carbocycles. The number of hydrogen-bond donors (Lipinski definition) is 0. The smallest absolute Gasteiger partial charge is 0.435 e. The number of benzene rings is 1. The maximum Gasteiger partial charge on any atom is 0.510 e. The first-order chi connectivity index (χ1) is 10.2. The number of epoxide rings is 1. The zero-order valence-electron chi connectivity index (χ0n) is 12.8. The minimum Gasteiger partial charge on any atom is -0.435 e. The van der Waals surface area contributed by atoms with Gasteiger partial charge in [-0.2, -0.15) is 0 Å². The fourth-order valence-corrected chi connectivity index (χ4v) is 2.43. The van der Waals surface area contributed by atoms with Crippen molar-refractivity contribution < 1.29 is 19.0 Å². The summed E-state index contributed by atoms with van der Waals surface area (Å²) in [6, 6.07) is 10.5. The van der Waals surface area contributed by atoms with Gasteiger partial charge in [0.1, 0.15) is 6.61 Å². The first-order valence-corrected chi connectivity index (χ1v) is 7.70. The lowest BCUT2D eigenvalue weighted by atomic mass is 9.95. The Morgan fingerprint density at radius 1 is 1.33 bits per heavy atom. The molecule has 1 aromatic carbocycles. The molecule has 0 aliphatic carbocycles. The van der Waals surface area contributed by atoms with Gasteiger partial charge in [0.15, 0.2) is 0 Å². The Morgan fingerprint density at radius 3 is 2.67 bits per heavy atom. The van der Waals surface area contributed by atoms with Gasteiger partial charge >= 0.3 is 6.16 Å². The van der Waals surface area contributed by atoms with Crippen molar-refractivity contribution in [1.82, 2.24) is 0 Å². The van der Waals surface area contributed by atoms with E-state index in [4.69, 9.17) is 14.2 Å². The number of carbonyl (C=O) groups is 1. The first-order valence-electron chi connectivity index (χ1n) is 7.70. The second-order valence-corrected chi connectivity index (χ2v) is 5.54.